The van der Waals surface area contributed by atoms with E-state index in [-0.39, 0.29) is 0 Å². The van der Waals surface area contributed by atoms with Crippen LogP contribution in [0.1, 0.15) is 30.5 Å². The van der Waals surface area contributed by atoms with Crippen LogP contribution >= 0.6 is 11.3 Å². The summed E-state index contributed by atoms with van der Waals surface area (Å²) in [5, 5.41) is 2.65. The van der Waals surface area contributed by atoms with Crippen molar-refractivity contribution in [2.24, 2.45) is 5.92 Å². The van der Waals surface area contributed by atoms with Gasteiger partial charge in [0.05, 0.1) is 5.69 Å². The van der Waals surface area contributed by atoms with Gasteiger partial charge in [0.25, 0.3) is 0 Å². The third kappa shape index (κ3) is 3.66. The summed E-state index contributed by atoms with van der Waals surface area (Å²) in [5.74, 6) is 0.641. The van der Waals surface area contributed by atoms with Crippen LogP contribution in [0, 0.1) is 19.8 Å². The van der Waals surface area contributed by atoms with Gasteiger partial charge in [-0.2, -0.15) is 0 Å². The largest absolute Gasteiger partial charge is 0.256 e. The fourth-order valence-electron chi connectivity index (χ4n) is 4.62. The Morgan fingerprint density at radius 2 is 1.61 bits per heavy atom. The molecule has 0 saturated heterocycles. The number of rotatable bonds is 4. The van der Waals surface area contributed by atoms with Crippen LogP contribution in [0.25, 0.3) is 42.6 Å². The Bertz CT molecular complexity index is 1390. The van der Waals surface area contributed by atoms with Gasteiger partial charge < -0.3 is 0 Å². The lowest BCUT2D eigenvalue weighted by Crippen LogP contribution is -1.95. The minimum Gasteiger partial charge on any atom is -0.256 e. The van der Waals surface area contributed by atoms with Gasteiger partial charge in [-0.15, -0.1) is 11.3 Å². The van der Waals surface area contributed by atoms with Gasteiger partial charge in [-0.1, -0.05) is 56.3 Å². The van der Waals surface area contributed by atoms with Gasteiger partial charge in [0.1, 0.15) is 0 Å². The molecule has 0 aliphatic heterocycles. The first-order valence-electron chi connectivity index (χ1n) is 11.0. The van der Waals surface area contributed by atoms with E-state index < -0.39 is 0 Å². The van der Waals surface area contributed by atoms with Crippen molar-refractivity contribution in [1.82, 2.24) is 4.98 Å². The Labute approximate surface area is 188 Å². The van der Waals surface area contributed by atoms with Crippen LogP contribution in [0.5, 0.6) is 0 Å². The molecular formula is C29H27NS. The van der Waals surface area contributed by atoms with Crippen LogP contribution in [-0.2, 0) is 6.42 Å². The van der Waals surface area contributed by atoms with E-state index in [1.165, 1.54) is 53.6 Å². The SMILES string of the molecule is Cc1cccc(C)c1-c1cccc2c1sc1ccc(-c3cc(CC(C)C)ccn3)cc12. The minimum absolute atomic E-state index is 0.641. The van der Waals surface area contributed by atoms with Crippen molar-refractivity contribution in [1.29, 1.82) is 0 Å². The predicted octanol–water partition coefficient (Wildman–Crippen LogP) is 8.60. The van der Waals surface area contributed by atoms with E-state index in [0.717, 1.165) is 12.1 Å². The molecule has 154 valence electrons. The number of thiophene rings is 1. The molecule has 5 rings (SSSR count). The molecule has 5 aromatic rings. The molecule has 0 aliphatic rings. The van der Waals surface area contributed by atoms with Gasteiger partial charge in [0.15, 0.2) is 0 Å². The number of fused-ring (bicyclic) bond motifs is 3. The molecule has 0 radical (unpaired) electrons. The Hall–Kier alpha value is -2.97. The second kappa shape index (κ2) is 7.94. The van der Waals surface area contributed by atoms with Gasteiger partial charge in [-0.3, -0.25) is 4.98 Å². The third-order valence-electron chi connectivity index (χ3n) is 6.01. The van der Waals surface area contributed by atoms with E-state index in [1.54, 1.807) is 0 Å². The van der Waals surface area contributed by atoms with Crippen LogP contribution in [0.3, 0.4) is 0 Å². The molecule has 0 aliphatic carbocycles. The first kappa shape index (κ1) is 20.0. The van der Waals surface area contributed by atoms with Crippen molar-refractivity contribution in [2.45, 2.75) is 34.1 Å². The first-order valence-corrected chi connectivity index (χ1v) is 11.8. The highest BCUT2D eigenvalue weighted by molar-refractivity contribution is 7.26. The summed E-state index contributed by atoms with van der Waals surface area (Å²) in [6, 6.07) is 24.5. The zero-order valence-corrected chi connectivity index (χ0v) is 19.4. The first-order chi connectivity index (χ1) is 15.0. The highest BCUT2D eigenvalue weighted by Gasteiger charge is 2.14. The van der Waals surface area contributed by atoms with Crippen molar-refractivity contribution in [2.75, 3.05) is 0 Å². The van der Waals surface area contributed by atoms with Gasteiger partial charge in [-0.05, 0) is 72.7 Å². The van der Waals surface area contributed by atoms with Gasteiger partial charge in [0, 0.05) is 37.5 Å². The molecule has 31 heavy (non-hydrogen) atoms. The molecule has 0 N–H and O–H groups in total. The lowest BCUT2D eigenvalue weighted by atomic mass is 9.94. The highest BCUT2D eigenvalue weighted by Crippen LogP contribution is 2.42. The van der Waals surface area contributed by atoms with Gasteiger partial charge in [0.2, 0.25) is 0 Å². The molecule has 3 aromatic carbocycles. The summed E-state index contributed by atoms with van der Waals surface area (Å²) in [5.41, 5.74) is 8.97. The van der Waals surface area contributed by atoms with Crippen LogP contribution in [0.15, 0.2) is 72.9 Å². The average molecular weight is 422 g/mol. The van der Waals surface area contributed by atoms with Crippen molar-refractivity contribution in [3.8, 4) is 22.4 Å². The zero-order chi connectivity index (χ0) is 21.5. The summed E-state index contributed by atoms with van der Waals surface area (Å²) in [7, 11) is 0. The molecule has 1 nitrogen and oxygen atoms in total. The van der Waals surface area contributed by atoms with Crippen molar-refractivity contribution in [3.63, 3.8) is 0 Å². The normalized spacial score (nSPS) is 11.6. The number of pyridine rings is 1. The Morgan fingerprint density at radius 1 is 0.839 bits per heavy atom. The van der Waals surface area contributed by atoms with E-state index in [1.807, 2.05) is 17.5 Å². The maximum Gasteiger partial charge on any atom is 0.0704 e. The van der Waals surface area contributed by atoms with Gasteiger partial charge >= 0.3 is 0 Å². The molecule has 0 amide bonds. The Morgan fingerprint density at radius 3 is 2.39 bits per heavy atom. The fraction of sp³-hybridized carbons (Fsp3) is 0.207. The third-order valence-corrected chi connectivity index (χ3v) is 7.23. The zero-order valence-electron chi connectivity index (χ0n) is 18.6. The van der Waals surface area contributed by atoms with E-state index >= 15 is 0 Å². The topological polar surface area (TPSA) is 12.9 Å². The minimum atomic E-state index is 0.641. The number of aryl methyl sites for hydroxylation is 2. The van der Waals surface area contributed by atoms with Crippen LogP contribution < -0.4 is 0 Å². The lowest BCUT2D eigenvalue weighted by molar-refractivity contribution is 0.647. The predicted molar refractivity (Wildman–Crippen MR) is 136 cm³/mol. The summed E-state index contributed by atoms with van der Waals surface area (Å²) < 4.78 is 2.70. The highest BCUT2D eigenvalue weighted by atomic mass is 32.1. The fourth-order valence-corrected chi connectivity index (χ4v) is 5.83. The van der Waals surface area contributed by atoms with Gasteiger partial charge in [-0.25, -0.2) is 0 Å². The van der Waals surface area contributed by atoms with Crippen LogP contribution in [0.4, 0.5) is 0 Å². The van der Waals surface area contributed by atoms with Crippen LogP contribution in [-0.4, -0.2) is 4.98 Å². The molecule has 0 unspecified atom stereocenters. The maximum absolute atomic E-state index is 4.68. The van der Waals surface area contributed by atoms with E-state index in [0.29, 0.717) is 5.92 Å². The molecule has 2 heterocycles. The molecule has 0 atom stereocenters. The van der Waals surface area contributed by atoms with Crippen molar-refractivity contribution < 1.29 is 0 Å². The number of benzene rings is 3. The quantitative estimate of drug-likeness (QED) is 0.283. The van der Waals surface area contributed by atoms with Crippen LogP contribution in [0.2, 0.25) is 0 Å². The number of hydrogen-bond acceptors (Lipinski definition) is 2. The van der Waals surface area contributed by atoms with Crippen molar-refractivity contribution >= 4 is 31.5 Å². The summed E-state index contributed by atoms with van der Waals surface area (Å²) in [4.78, 5) is 4.68. The molecule has 2 aromatic heterocycles. The number of aromatic nitrogens is 1. The molecule has 0 bridgehead atoms. The second-order valence-electron chi connectivity index (χ2n) is 8.91. The standard InChI is InChI=1S/C29H27NS/c1-18(2)15-21-13-14-30-26(16-21)22-11-12-27-25(17-22)23-9-6-10-24(29(23)31-27)28-19(3)7-5-8-20(28)4/h5-14,16-18H,15H2,1-4H3. The monoisotopic (exact) mass is 421 g/mol. The summed E-state index contributed by atoms with van der Waals surface area (Å²) in [6.45, 7) is 8.94. The Balaban J connectivity index is 1.68. The van der Waals surface area contributed by atoms with E-state index in [2.05, 4.69) is 99.4 Å². The summed E-state index contributed by atoms with van der Waals surface area (Å²) in [6.07, 6.45) is 3.03. The molecule has 2 heteroatoms. The molecule has 0 spiro atoms. The molecule has 0 saturated carbocycles. The summed E-state index contributed by atoms with van der Waals surface area (Å²) >= 11 is 1.90. The average Bonchev–Trinajstić information content (AvgIpc) is 3.12. The molecular weight excluding hydrogens is 394 g/mol. The van der Waals surface area contributed by atoms with E-state index in [4.69, 9.17) is 0 Å². The second-order valence-corrected chi connectivity index (χ2v) is 9.96. The number of hydrogen-bond donors (Lipinski definition) is 0. The number of nitrogens with zero attached hydrogens (tertiary/aromatic N) is 1. The van der Waals surface area contributed by atoms with E-state index in [9.17, 15) is 0 Å². The van der Waals surface area contributed by atoms with Crippen molar-refractivity contribution in [3.05, 3.63) is 89.6 Å². The smallest absolute Gasteiger partial charge is 0.0704 e. The Kier molecular flexibility index (Phi) is 5.11. The molecule has 0 fully saturated rings. The maximum atomic E-state index is 4.68. The lowest BCUT2D eigenvalue weighted by Gasteiger charge is -2.11.